The summed E-state index contributed by atoms with van der Waals surface area (Å²) in [5, 5.41) is 10.6. The van der Waals surface area contributed by atoms with Crippen LogP contribution in [0.15, 0.2) is 0 Å². The van der Waals surface area contributed by atoms with Crippen molar-refractivity contribution in [2.24, 2.45) is 5.92 Å². The normalized spacial score (nSPS) is 13.9. The third-order valence-electron chi connectivity index (χ3n) is 18.3. The van der Waals surface area contributed by atoms with Gasteiger partial charge < -0.3 is 33.8 Å². The molecule has 17 nitrogen and oxygen atoms in total. The number of hydrogen-bond donors (Lipinski definition) is 3. The summed E-state index contributed by atoms with van der Waals surface area (Å²) in [6, 6.07) is 0. The Kier molecular flexibility index (Phi) is 69.6. The molecule has 0 rings (SSSR count). The molecule has 3 N–H and O–H groups in total. The van der Waals surface area contributed by atoms with Crippen LogP contribution in [0.25, 0.3) is 0 Å². The number of aliphatic hydroxyl groups is 1. The van der Waals surface area contributed by atoms with Gasteiger partial charge in [-0.25, -0.2) is 9.13 Å². The molecule has 0 aliphatic rings. The van der Waals surface area contributed by atoms with E-state index in [2.05, 4.69) is 34.6 Å². The number of carbonyl (C=O) groups excluding carboxylic acids is 4. The van der Waals surface area contributed by atoms with E-state index >= 15 is 0 Å². The Labute approximate surface area is 594 Å². The van der Waals surface area contributed by atoms with Crippen LogP contribution in [-0.2, 0) is 65.4 Å². The molecule has 0 spiro atoms. The third-order valence-corrected chi connectivity index (χ3v) is 20.2. The Balaban J connectivity index is 5.18. The molecule has 0 saturated heterocycles. The summed E-state index contributed by atoms with van der Waals surface area (Å²) in [4.78, 5) is 72.7. The molecule has 5 atom stereocenters. The zero-order valence-electron chi connectivity index (χ0n) is 63.2. The molecule has 0 aromatic rings. The summed E-state index contributed by atoms with van der Waals surface area (Å²) in [6.45, 7) is 7.30. The van der Waals surface area contributed by atoms with Gasteiger partial charge >= 0.3 is 39.5 Å². The first kappa shape index (κ1) is 95.1. The van der Waals surface area contributed by atoms with Gasteiger partial charge in [0.1, 0.15) is 19.3 Å². The topological polar surface area (TPSA) is 237 Å². The van der Waals surface area contributed by atoms with E-state index in [4.69, 9.17) is 37.0 Å². The molecular weight excluding hydrogens is 1270 g/mol. The monoisotopic (exact) mass is 1420 g/mol. The highest BCUT2D eigenvalue weighted by atomic mass is 31.2. The van der Waals surface area contributed by atoms with Gasteiger partial charge in [0.25, 0.3) is 0 Å². The van der Waals surface area contributed by atoms with E-state index in [0.29, 0.717) is 25.7 Å². The van der Waals surface area contributed by atoms with Crippen molar-refractivity contribution in [2.45, 2.75) is 432 Å². The first-order valence-electron chi connectivity index (χ1n) is 40.6. The van der Waals surface area contributed by atoms with Crippen LogP contribution < -0.4 is 0 Å². The number of ether oxygens (including phenoxy) is 4. The molecule has 0 heterocycles. The van der Waals surface area contributed by atoms with Crippen molar-refractivity contribution in [3.63, 3.8) is 0 Å². The fraction of sp³-hybridized carbons (Fsp3) is 0.949. The Hall–Kier alpha value is -1.94. The van der Waals surface area contributed by atoms with E-state index < -0.39 is 97.5 Å². The highest BCUT2D eigenvalue weighted by Crippen LogP contribution is 2.45. The van der Waals surface area contributed by atoms with Gasteiger partial charge in [-0.3, -0.25) is 37.3 Å². The summed E-state index contributed by atoms with van der Waals surface area (Å²) >= 11 is 0. The SMILES string of the molecule is CCCCCCCCCCCCCCCCCCCCC(=O)OC[C@H](COP(=O)(O)OC[C@@H](O)COP(=O)(O)OC[C@@H](COC(=O)CCCCCCCCC)OC(=O)CCCCCCCCCCCCCCC)OC(=O)CCCCCCCCCCCCCCCCCCC(C)C. The number of hydrogen-bond acceptors (Lipinski definition) is 15. The van der Waals surface area contributed by atoms with Crippen molar-refractivity contribution in [2.75, 3.05) is 39.6 Å². The molecule has 0 bridgehead atoms. The molecule has 2 unspecified atom stereocenters. The molecule has 0 fully saturated rings. The van der Waals surface area contributed by atoms with Crippen LogP contribution in [0.4, 0.5) is 0 Å². The maximum absolute atomic E-state index is 13.1. The Morgan fingerprint density at radius 3 is 0.701 bits per heavy atom. The van der Waals surface area contributed by atoms with Crippen molar-refractivity contribution in [3.8, 4) is 0 Å². The van der Waals surface area contributed by atoms with Gasteiger partial charge in [0.05, 0.1) is 26.4 Å². The van der Waals surface area contributed by atoms with E-state index in [1.807, 2.05) is 0 Å². The lowest BCUT2D eigenvalue weighted by Crippen LogP contribution is -2.30. The van der Waals surface area contributed by atoms with E-state index in [0.717, 1.165) is 109 Å². The van der Waals surface area contributed by atoms with Crippen molar-refractivity contribution in [3.05, 3.63) is 0 Å². The fourth-order valence-electron chi connectivity index (χ4n) is 12.1. The number of unbranched alkanes of at least 4 members (excludes halogenated alkanes) is 50. The van der Waals surface area contributed by atoms with Gasteiger partial charge in [0, 0.05) is 25.7 Å². The minimum absolute atomic E-state index is 0.108. The predicted molar refractivity (Wildman–Crippen MR) is 395 cm³/mol. The average Bonchev–Trinajstić information content (AvgIpc) is 1.32. The van der Waals surface area contributed by atoms with Crippen molar-refractivity contribution in [1.82, 2.24) is 0 Å². The van der Waals surface area contributed by atoms with E-state index in [1.165, 1.54) is 225 Å². The summed E-state index contributed by atoms with van der Waals surface area (Å²) in [6.07, 6.45) is 61.2. The van der Waals surface area contributed by atoms with Crippen LogP contribution in [0.1, 0.15) is 413 Å². The number of aliphatic hydroxyl groups excluding tert-OH is 1. The number of rotatable bonds is 78. The number of carbonyl (C=O) groups is 4. The zero-order chi connectivity index (χ0) is 71.2. The lowest BCUT2D eigenvalue weighted by molar-refractivity contribution is -0.161. The predicted octanol–water partition coefficient (Wildman–Crippen LogP) is 23.3. The maximum atomic E-state index is 13.1. The van der Waals surface area contributed by atoms with Crippen molar-refractivity contribution in [1.29, 1.82) is 0 Å². The minimum atomic E-state index is -4.96. The van der Waals surface area contributed by atoms with Crippen molar-refractivity contribution < 1.29 is 80.2 Å². The van der Waals surface area contributed by atoms with Gasteiger partial charge in [0.2, 0.25) is 0 Å². The molecular formula is C78H152O17P2. The van der Waals surface area contributed by atoms with Gasteiger partial charge in [0.15, 0.2) is 12.2 Å². The minimum Gasteiger partial charge on any atom is -0.462 e. The molecule has 576 valence electrons. The van der Waals surface area contributed by atoms with Crippen LogP contribution in [0.2, 0.25) is 0 Å². The molecule has 0 saturated carbocycles. The summed E-state index contributed by atoms with van der Waals surface area (Å²) in [5.74, 6) is -1.30. The van der Waals surface area contributed by atoms with Gasteiger partial charge in [-0.2, -0.15) is 0 Å². The summed E-state index contributed by atoms with van der Waals surface area (Å²) < 4.78 is 68.5. The number of esters is 4. The first-order chi connectivity index (χ1) is 47.0. The van der Waals surface area contributed by atoms with Crippen LogP contribution in [-0.4, -0.2) is 96.7 Å². The third kappa shape index (κ3) is 72.2. The van der Waals surface area contributed by atoms with E-state index in [9.17, 15) is 43.2 Å². The maximum Gasteiger partial charge on any atom is 0.472 e. The Morgan fingerprint density at radius 1 is 0.278 bits per heavy atom. The lowest BCUT2D eigenvalue weighted by atomic mass is 10.0. The Bertz CT molecular complexity index is 1860. The average molecular weight is 1420 g/mol. The lowest BCUT2D eigenvalue weighted by Gasteiger charge is -2.21. The van der Waals surface area contributed by atoms with Gasteiger partial charge in [-0.1, -0.05) is 362 Å². The fourth-order valence-corrected chi connectivity index (χ4v) is 13.6. The second-order valence-electron chi connectivity index (χ2n) is 28.6. The molecule has 0 aliphatic heterocycles. The molecule has 0 radical (unpaired) electrons. The quantitative estimate of drug-likeness (QED) is 0.0222. The standard InChI is InChI=1S/C78H152O17P2/c1-6-9-12-15-18-20-22-24-25-26-27-31-35-38-42-47-52-57-62-76(81)89-68-74(95-78(83)64-59-54-49-44-40-36-32-29-28-30-34-37-41-46-50-55-60-71(4)5)70-93-97(86,87)91-66-72(79)65-90-96(84,85)92-69-73(67-88-75(80)61-56-51-45-17-14-11-8-3)94-77(82)63-58-53-48-43-39-33-23-21-19-16-13-10-7-2/h71-74,79H,6-70H2,1-5H3,(H,84,85)(H,86,87)/t72-,73+,74+/m0/s1. The molecule has 0 amide bonds. The van der Waals surface area contributed by atoms with Crippen LogP contribution in [0.3, 0.4) is 0 Å². The largest absolute Gasteiger partial charge is 0.472 e. The second-order valence-corrected chi connectivity index (χ2v) is 31.5. The van der Waals surface area contributed by atoms with Gasteiger partial charge in [-0.05, 0) is 31.6 Å². The summed E-state index contributed by atoms with van der Waals surface area (Å²) in [5.41, 5.74) is 0. The molecule has 0 aliphatic carbocycles. The van der Waals surface area contributed by atoms with Crippen molar-refractivity contribution >= 4 is 39.5 Å². The van der Waals surface area contributed by atoms with E-state index in [1.54, 1.807) is 0 Å². The Morgan fingerprint density at radius 2 is 0.474 bits per heavy atom. The molecule has 97 heavy (non-hydrogen) atoms. The smallest absolute Gasteiger partial charge is 0.462 e. The zero-order valence-corrected chi connectivity index (χ0v) is 65.0. The van der Waals surface area contributed by atoms with E-state index in [-0.39, 0.29) is 25.7 Å². The highest BCUT2D eigenvalue weighted by molar-refractivity contribution is 7.47. The molecule has 0 aromatic heterocycles. The van der Waals surface area contributed by atoms with Crippen LogP contribution >= 0.6 is 15.6 Å². The molecule has 19 heteroatoms. The summed E-state index contributed by atoms with van der Waals surface area (Å²) in [7, 11) is -9.91. The second kappa shape index (κ2) is 71.1. The number of phosphoric ester groups is 2. The van der Waals surface area contributed by atoms with Crippen LogP contribution in [0.5, 0.6) is 0 Å². The first-order valence-corrected chi connectivity index (χ1v) is 43.6. The highest BCUT2D eigenvalue weighted by Gasteiger charge is 2.30. The number of phosphoric acid groups is 2. The van der Waals surface area contributed by atoms with Gasteiger partial charge in [-0.15, -0.1) is 0 Å². The van der Waals surface area contributed by atoms with Crippen LogP contribution in [0, 0.1) is 5.92 Å². The molecule has 0 aromatic carbocycles.